The number of rotatable bonds is 45. The van der Waals surface area contributed by atoms with Gasteiger partial charge in [-0.2, -0.15) is 0 Å². The van der Waals surface area contributed by atoms with Gasteiger partial charge in [-0.15, -0.1) is 0 Å². The number of phosphoric acid groups is 1. The monoisotopic (exact) mass is 912 g/mol. The standard InChI is InChI=1S/C54H90NO8P/c1-3-5-7-9-11-13-14-15-16-17-18-19-20-21-22-23-24-25-26-27-28-29-30-31-32-33-34-35-36-37-38-39-41-43-45-47-54(57)63-52(51-62-64(58,59)61-49-48-55)50-60-53(56)46-44-42-40-12-10-8-6-4-2/h5,7,11,13,15-16,18-19,21-22,24-25,27-28,30-31,33-34,52H,3-4,6,8-10,12,14,17,20,23,26,29,32,35-51,55H2,1-2H3,(H,58,59)/b7-5-,13-11-,16-15-,19-18-,22-21-,25-24-,28-27-,31-30-,34-33-. The van der Waals surface area contributed by atoms with Gasteiger partial charge in [0.25, 0.3) is 0 Å². The molecule has 0 radical (unpaired) electrons. The number of unbranched alkanes of at least 4 members (excludes halogenated alkanes) is 14. The molecule has 0 spiro atoms. The zero-order chi connectivity index (χ0) is 46.7. The third-order valence-corrected chi connectivity index (χ3v) is 10.9. The molecule has 0 aromatic rings. The SMILES string of the molecule is CC/C=C\C/C=C\C/C=C\C/C=C\C/C=C\C/C=C\C/C=C\C/C=C\C/C=C\CCCCCCCCCC(=O)OC(COC(=O)CCCCCCCCCC)COP(=O)(O)OCCN. The van der Waals surface area contributed by atoms with Crippen LogP contribution in [0.4, 0.5) is 0 Å². The maximum absolute atomic E-state index is 12.6. The first-order valence-corrected chi connectivity index (χ1v) is 26.4. The smallest absolute Gasteiger partial charge is 0.462 e. The molecule has 0 aromatic heterocycles. The summed E-state index contributed by atoms with van der Waals surface area (Å²) < 4.78 is 32.7. The van der Waals surface area contributed by atoms with E-state index in [2.05, 4.69) is 123 Å². The van der Waals surface area contributed by atoms with E-state index in [4.69, 9.17) is 24.3 Å². The van der Waals surface area contributed by atoms with Crippen LogP contribution in [0, 0.1) is 0 Å². The average molecular weight is 912 g/mol. The van der Waals surface area contributed by atoms with Crippen molar-refractivity contribution in [3.8, 4) is 0 Å². The summed E-state index contributed by atoms with van der Waals surface area (Å²) in [5, 5.41) is 0. The van der Waals surface area contributed by atoms with Gasteiger partial charge >= 0.3 is 19.8 Å². The summed E-state index contributed by atoms with van der Waals surface area (Å²) in [5.41, 5.74) is 5.34. The summed E-state index contributed by atoms with van der Waals surface area (Å²) in [6.07, 6.45) is 65.8. The number of esters is 2. The number of hydrogen-bond donors (Lipinski definition) is 2. The maximum Gasteiger partial charge on any atom is 0.472 e. The normalized spacial score (nSPS) is 14.1. The van der Waals surface area contributed by atoms with Gasteiger partial charge in [-0.1, -0.05) is 200 Å². The first-order valence-electron chi connectivity index (χ1n) is 24.9. The summed E-state index contributed by atoms with van der Waals surface area (Å²) in [4.78, 5) is 34.8. The highest BCUT2D eigenvalue weighted by molar-refractivity contribution is 7.47. The Bertz CT molecular complexity index is 1410. The number of carbonyl (C=O) groups is 2. The number of nitrogens with two attached hydrogens (primary N) is 1. The molecule has 2 unspecified atom stereocenters. The Morgan fingerprint density at radius 3 is 1.28 bits per heavy atom. The van der Waals surface area contributed by atoms with Gasteiger partial charge < -0.3 is 20.1 Å². The van der Waals surface area contributed by atoms with E-state index < -0.39 is 32.5 Å². The Balaban J connectivity index is 3.99. The van der Waals surface area contributed by atoms with E-state index in [-0.39, 0.29) is 32.6 Å². The van der Waals surface area contributed by atoms with Crippen LogP contribution >= 0.6 is 7.82 Å². The first-order chi connectivity index (χ1) is 31.3. The van der Waals surface area contributed by atoms with Crippen LogP contribution in [0.2, 0.25) is 0 Å². The third kappa shape index (κ3) is 48.1. The van der Waals surface area contributed by atoms with Crippen LogP contribution in [0.25, 0.3) is 0 Å². The van der Waals surface area contributed by atoms with E-state index in [0.717, 1.165) is 103 Å². The van der Waals surface area contributed by atoms with E-state index in [1.54, 1.807) is 0 Å². The van der Waals surface area contributed by atoms with Gasteiger partial charge in [0.05, 0.1) is 13.2 Å². The quantitative estimate of drug-likeness (QED) is 0.0265. The van der Waals surface area contributed by atoms with Crippen LogP contribution in [0.1, 0.15) is 187 Å². The molecule has 0 amide bonds. The Labute approximate surface area is 390 Å². The zero-order valence-corrected chi connectivity index (χ0v) is 41.1. The zero-order valence-electron chi connectivity index (χ0n) is 40.2. The molecule has 364 valence electrons. The van der Waals surface area contributed by atoms with Crippen LogP contribution in [0.5, 0.6) is 0 Å². The highest BCUT2D eigenvalue weighted by Gasteiger charge is 2.26. The lowest BCUT2D eigenvalue weighted by atomic mass is 10.1. The van der Waals surface area contributed by atoms with Crippen molar-refractivity contribution in [2.75, 3.05) is 26.4 Å². The molecule has 0 rings (SSSR count). The lowest BCUT2D eigenvalue weighted by molar-refractivity contribution is -0.161. The molecule has 9 nitrogen and oxygen atoms in total. The number of hydrogen-bond acceptors (Lipinski definition) is 8. The second kappa shape index (κ2) is 49.1. The fourth-order valence-electron chi connectivity index (χ4n) is 6.27. The summed E-state index contributed by atoms with van der Waals surface area (Å²) in [5.74, 6) is -0.854. The fraction of sp³-hybridized carbons (Fsp3) is 0.630. The van der Waals surface area contributed by atoms with E-state index >= 15 is 0 Å². The molecule has 10 heteroatoms. The minimum absolute atomic E-state index is 0.0469. The first kappa shape index (κ1) is 60.7. The third-order valence-electron chi connectivity index (χ3n) is 9.92. The van der Waals surface area contributed by atoms with E-state index in [1.165, 1.54) is 51.4 Å². The molecule has 0 aromatic carbocycles. The second-order valence-electron chi connectivity index (χ2n) is 16.0. The minimum atomic E-state index is -4.38. The molecule has 0 fully saturated rings. The molecule has 0 saturated heterocycles. The Hall–Kier alpha value is -3.33. The molecule has 0 saturated carbocycles. The maximum atomic E-state index is 12.6. The van der Waals surface area contributed by atoms with Crippen LogP contribution in [-0.4, -0.2) is 49.3 Å². The van der Waals surface area contributed by atoms with E-state index in [9.17, 15) is 19.0 Å². The fourth-order valence-corrected chi connectivity index (χ4v) is 7.04. The molecular formula is C54H90NO8P. The number of allylic oxidation sites excluding steroid dienone is 18. The molecule has 64 heavy (non-hydrogen) atoms. The van der Waals surface area contributed by atoms with Gasteiger partial charge in [0.1, 0.15) is 6.61 Å². The van der Waals surface area contributed by atoms with Crippen molar-refractivity contribution < 1.29 is 37.6 Å². The van der Waals surface area contributed by atoms with E-state index in [0.29, 0.717) is 6.42 Å². The summed E-state index contributed by atoms with van der Waals surface area (Å²) >= 11 is 0. The van der Waals surface area contributed by atoms with Gasteiger partial charge in [0.15, 0.2) is 6.10 Å². The minimum Gasteiger partial charge on any atom is -0.462 e. The Morgan fingerprint density at radius 1 is 0.484 bits per heavy atom. The van der Waals surface area contributed by atoms with Gasteiger partial charge in [-0.25, -0.2) is 4.57 Å². The van der Waals surface area contributed by atoms with Gasteiger partial charge in [0, 0.05) is 19.4 Å². The lowest BCUT2D eigenvalue weighted by Gasteiger charge is -2.19. The predicted octanol–water partition coefficient (Wildman–Crippen LogP) is 15.1. The topological polar surface area (TPSA) is 134 Å². The average Bonchev–Trinajstić information content (AvgIpc) is 3.28. The molecule has 0 aliphatic rings. The van der Waals surface area contributed by atoms with Crippen molar-refractivity contribution in [2.24, 2.45) is 5.73 Å². The molecular weight excluding hydrogens is 822 g/mol. The van der Waals surface area contributed by atoms with Gasteiger partial charge in [0.2, 0.25) is 0 Å². The molecule has 3 N–H and O–H groups in total. The Morgan fingerprint density at radius 2 is 0.859 bits per heavy atom. The predicted molar refractivity (Wildman–Crippen MR) is 270 cm³/mol. The summed E-state index contributed by atoms with van der Waals surface area (Å²) in [6, 6.07) is 0. The van der Waals surface area contributed by atoms with E-state index in [1.807, 2.05) is 0 Å². The van der Waals surface area contributed by atoms with Gasteiger partial charge in [-0.3, -0.25) is 18.6 Å². The number of carbonyl (C=O) groups excluding carboxylic acids is 2. The largest absolute Gasteiger partial charge is 0.472 e. The van der Waals surface area contributed by atoms with Crippen molar-refractivity contribution in [2.45, 2.75) is 193 Å². The number of ether oxygens (including phenoxy) is 2. The molecule has 0 aliphatic carbocycles. The summed E-state index contributed by atoms with van der Waals surface area (Å²) in [6.45, 7) is 3.55. The van der Waals surface area contributed by atoms with Crippen molar-refractivity contribution in [1.82, 2.24) is 0 Å². The van der Waals surface area contributed by atoms with Crippen molar-refractivity contribution in [3.05, 3.63) is 109 Å². The van der Waals surface area contributed by atoms with Crippen LogP contribution < -0.4 is 5.73 Å². The lowest BCUT2D eigenvalue weighted by Crippen LogP contribution is -2.29. The molecule has 0 heterocycles. The van der Waals surface area contributed by atoms with Crippen LogP contribution in [0.3, 0.4) is 0 Å². The summed E-state index contributed by atoms with van der Waals surface area (Å²) in [7, 11) is -4.38. The van der Waals surface area contributed by atoms with Crippen LogP contribution in [-0.2, 0) is 32.7 Å². The molecule has 2 atom stereocenters. The van der Waals surface area contributed by atoms with Crippen LogP contribution in [0.15, 0.2) is 109 Å². The number of phosphoric ester groups is 1. The van der Waals surface area contributed by atoms with Crippen molar-refractivity contribution >= 4 is 19.8 Å². The highest BCUT2D eigenvalue weighted by Crippen LogP contribution is 2.43. The van der Waals surface area contributed by atoms with Crippen molar-refractivity contribution in [1.29, 1.82) is 0 Å². The highest BCUT2D eigenvalue weighted by atomic mass is 31.2. The van der Waals surface area contributed by atoms with Gasteiger partial charge in [-0.05, 0) is 83.5 Å². The second-order valence-corrected chi connectivity index (χ2v) is 17.4. The molecule has 0 aliphatic heterocycles. The van der Waals surface area contributed by atoms with Crippen molar-refractivity contribution in [3.63, 3.8) is 0 Å². The molecule has 0 bridgehead atoms. The Kier molecular flexibility index (Phi) is 46.6.